The summed E-state index contributed by atoms with van der Waals surface area (Å²) in [6.07, 6.45) is 1.69. The Labute approximate surface area is 128 Å². The molecule has 4 N–H and O–H groups in total. The molecular formula is C14H21N5OS. The van der Waals surface area contributed by atoms with Crippen LogP contribution in [0.1, 0.15) is 25.1 Å². The summed E-state index contributed by atoms with van der Waals surface area (Å²) in [6, 6.07) is 2.17. The molecule has 0 amide bonds. The van der Waals surface area contributed by atoms with Gasteiger partial charge in [0.2, 0.25) is 5.95 Å². The zero-order chi connectivity index (χ0) is 15.0. The van der Waals surface area contributed by atoms with Gasteiger partial charge in [0.25, 0.3) is 0 Å². The van der Waals surface area contributed by atoms with E-state index < -0.39 is 0 Å². The minimum Gasteiger partial charge on any atom is -0.393 e. The van der Waals surface area contributed by atoms with E-state index in [0.717, 1.165) is 42.0 Å². The van der Waals surface area contributed by atoms with Gasteiger partial charge in [-0.1, -0.05) is 6.92 Å². The van der Waals surface area contributed by atoms with E-state index in [2.05, 4.69) is 33.3 Å². The van der Waals surface area contributed by atoms with Crippen LogP contribution in [0.15, 0.2) is 6.07 Å². The SMILES string of the molecule is CCc1cc2c(N3CCC(C(C)O)C3)nc(NN)nc2s1. The molecule has 1 aliphatic heterocycles. The van der Waals surface area contributed by atoms with Crippen molar-refractivity contribution in [3.63, 3.8) is 0 Å². The summed E-state index contributed by atoms with van der Waals surface area (Å²) in [5, 5.41) is 10.9. The second kappa shape index (κ2) is 5.75. The molecular weight excluding hydrogens is 286 g/mol. The third kappa shape index (κ3) is 2.68. The number of aryl methyl sites for hydroxylation is 1. The van der Waals surface area contributed by atoms with E-state index in [1.54, 1.807) is 11.3 Å². The maximum absolute atomic E-state index is 9.78. The largest absolute Gasteiger partial charge is 0.393 e. The first-order valence-electron chi connectivity index (χ1n) is 7.32. The molecule has 2 atom stereocenters. The highest BCUT2D eigenvalue weighted by atomic mass is 32.1. The smallest absolute Gasteiger partial charge is 0.240 e. The third-order valence-corrected chi connectivity index (χ3v) is 5.28. The van der Waals surface area contributed by atoms with Crippen LogP contribution in [0, 0.1) is 5.92 Å². The summed E-state index contributed by atoms with van der Waals surface area (Å²) in [5.41, 5.74) is 2.55. The van der Waals surface area contributed by atoms with Crippen molar-refractivity contribution in [3.8, 4) is 0 Å². The van der Waals surface area contributed by atoms with E-state index in [0.29, 0.717) is 11.9 Å². The van der Waals surface area contributed by atoms with E-state index in [4.69, 9.17) is 5.84 Å². The Morgan fingerprint density at radius 3 is 3.00 bits per heavy atom. The first kappa shape index (κ1) is 14.5. The fraction of sp³-hybridized carbons (Fsp3) is 0.571. The number of hydrogen-bond donors (Lipinski definition) is 3. The number of nitrogens with two attached hydrogens (primary N) is 1. The average molecular weight is 307 g/mol. The Balaban J connectivity index is 2.02. The Kier molecular flexibility index (Phi) is 3.97. The number of nitrogen functional groups attached to an aromatic ring is 1. The highest BCUT2D eigenvalue weighted by molar-refractivity contribution is 7.18. The summed E-state index contributed by atoms with van der Waals surface area (Å²) in [4.78, 5) is 13.5. The van der Waals surface area contributed by atoms with Crippen LogP contribution in [-0.4, -0.2) is 34.3 Å². The van der Waals surface area contributed by atoms with Crippen LogP contribution >= 0.6 is 11.3 Å². The zero-order valence-corrected chi connectivity index (χ0v) is 13.2. The summed E-state index contributed by atoms with van der Waals surface area (Å²) in [7, 11) is 0. The molecule has 2 unspecified atom stereocenters. The number of nitrogens with one attached hydrogen (secondary N) is 1. The van der Waals surface area contributed by atoms with Gasteiger partial charge in [0, 0.05) is 23.9 Å². The zero-order valence-electron chi connectivity index (χ0n) is 12.3. The Hall–Kier alpha value is -1.44. The number of aromatic nitrogens is 2. The molecule has 0 saturated carbocycles. The van der Waals surface area contributed by atoms with E-state index in [9.17, 15) is 5.11 Å². The van der Waals surface area contributed by atoms with Crippen LogP contribution in [0.2, 0.25) is 0 Å². The predicted octanol–water partition coefficient (Wildman–Crippen LogP) is 1.75. The molecule has 0 spiro atoms. The number of aliphatic hydroxyl groups is 1. The summed E-state index contributed by atoms with van der Waals surface area (Å²) >= 11 is 1.68. The van der Waals surface area contributed by atoms with Crippen molar-refractivity contribution in [1.29, 1.82) is 0 Å². The van der Waals surface area contributed by atoms with Gasteiger partial charge in [-0.25, -0.2) is 10.8 Å². The highest BCUT2D eigenvalue weighted by Gasteiger charge is 2.28. The molecule has 2 aromatic heterocycles. The number of anilines is 2. The second-order valence-corrected chi connectivity index (χ2v) is 6.65. The molecule has 3 rings (SSSR count). The van der Waals surface area contributed by atoms with Gasteiger partial charge in [-0.05, 0) is 25.8 Å². The predicted molar refractivity (Wildman–Crippen MR) is 86.6 cm³/mol. The standard InChI is InChI=1S/C14H21N5OS/c1-3-10-6-11-12(16-14(18-15)17-13(11)21-10)19-5-4-9(7-19)8(2)20/h6,8-9,20H,3-5,7,15H2,1-2H3,(H,16,17,18). The van der Waals surface area contributed by atoms with Gasteiger partial charge in [-0.15, -0.1) is 11.3 Å². The van der Waals surface area contributed by atoms with Gasteiger partial charge in [0.15, 0.2) is 0 Å². The normalized spacial score (nSPS) is 20.2. The lowest BCUT2D eigenvalue weighted by Gasteiger charge is -2.19. The van der Waals surface area contributed by atoms with Crippen molar-refractivity contribution in [3.05, 3.63) is 10.9 Å². The number of aliphatic hydroxyl groups excluding tert-OH is 1. The van der Waals surface area contributed by atoms with Gasteiger partial charge < -0.3 is 10.0 Å². The maximum Gasteiger partial charge on any atom is 0.240 e. The number of rotatable bonds is 4. The summed E-state index contributed by atoms with van der Waals surface area (Å²) < 4.78 is 0. The Bertz CT molecular complexity index is 642. The first-order valence-corrected chi connectivity index (χ1v) is 8.14. The Morgan fingerprint density at radius 1 is 1.57 bits per heavy atom. The molecule has 1 fully saturated rings. The van der Waals surface area contributed by atoms with Crippen molar-refractivity contribution in [2.45, 2.75) is 32.8 Å². The van der Waals surface area contributed by atoms with Crippen LogP contribution in [0.3, 0.4) is 0 Å². The third-order valence-electron chi connectivity index (χ3n) is 4.11. The number of hydrogen-bond acceptors (Lipinski definition) is 7. The molecule has 114 valence electrons. The number of hydrazine groups is 1. The van der Waals surface area contributed by atoms with E-state index in [-0.39, 0.29) is 6.10 Å². The van der Waals surface area contributed by atoms with E-state index >= 15 is 0 Å². The topological polar surface area (TPSA) is 87.3 Å². The lowest BCUT2D eigenvalue weighted by atomic mass is 10.0. The van der Waals surface area contributed by atoms with Crippen molar-refractivity contribution >= 4 is 33.3 Å². The minimum atomic E-state index is -0.284. The molecule has 7 heteroatoms. The van der Waals surface area contributed by atoms with Crippen LogP contribution < -0.4 is 16.2 Å². The number of thiophene rings is 1. The average Bonchev–Trinajstić information content (AvgIpc) is 3.12. The fourth-order valence-electron chi connectivity index (χ4n) is 2.81. The molecule has 21 heavy (non-hydrogen) atoms. The molecule has 1 saturated heterocycles. The number of fused-ring (bicyclic) bond motifs is 1. The highest BCUT2D eigenvalue weighted by Crippen LogP contribution is 2.35. The molecule has 6 nitrogen and oxygen atoms in total. The first-order chi connectivity index (χ1) is 10.1. The van der Waals surface area contributed by atoms with Crippen molar-refractivity contribution < 1.29 is 5.11 Å². The van der Waals surface area contributed by atoms with Gasteiger partial charge >= 0.3 is 0 Å². The molecule has 0 aliphatic carbocycles. The van der Waals surface area contributed by atoms with Crippen molar-refractivity contribution in [2.75, 3.05) is 23.4 Å². The van der Waals surface area contributed by atoms with Crippen LogP contribution in [-0.2, 0) is 6.42 Å². The summed E-state index contributed by atoms with van der Waals surface area (Å²) in [6.45, 7) is 5.73. The van der Waals surface area contributed by atoms with Gasteiger partial charge in [-0.3, -0.25) is 5.43 Å². The van der Waals surface area contributed by atoms with Gasteiger partial charge in [0.05, 0.1) is 11.5 Å². The number of nitrogens with zero attached hydrogens (tertiary/aromatic N) is 3. The molecule has 1 aliphatic rings. The van der Waals surface area contributed by atoms with Gasteiger partial charge in [-0.2, -0.15) is 4.98 Å². The lowest BCUT2D eigenvalue weighted by Crippen LogP contribution is -2.25. The van der Waals surface area contributed by atoms with Crippen molar-refractivity contribution in [1.82, 2.24) is 9.97 Å². The minimum absolute atomic E-state index is 0.284. The quantitative estimate of drug-likeness (QED) is 0.589. The van der Waals surface area contributed by atoms with Crippen molar-refractivity contribution in [2.24, 2.45) is 11.8 Å². The molecule has 0 aromatic carbocycles. The molecule has 3 heterocycles. The maximum atomic E-state index is 9.78. The van der Waals surface area contributed by atoms with Gasteiger partial charge in [0.1, 0.15) is 10.6 Å². The van der Waals surface area contributed by atoms with E-state index in [1.165, 1.54) is 4.88 Å². The van der Waals surface area contributed by atoms with Crippen LogP contribution in [0.5, 0.6) is 0 Å². The molecule has 2 aromatic rings. The molecule has 0 radical (unpaired) electrons. The Morgan fingerprint density at radius 2 is 2.38 bits per heavy atom. The second-order valence-electron chi connectivity index (χ2n) is 5.54. The van der Waals surface area contributed by atoms with Crippen LogP contribution in [0.4, 0.5) is 11.8 Å². The lowest BCUT2D eigenvalue weighted by molar-refractivity contribution is 0.136. The fourth-order valence-corrected chi connectivity index (χ4v) is 3.77. The monoisotopic (exact) mass is 307 g/mol. The van der Waals surface area contributed by atoms with E-state index in [1.807, 2.05) is 6.92 Å². The summed E-state index contributed by atoms with van der Waals surface area (Å²) in [5.74, 6) is 7.16. The molecule has 0 bridgehead atoms. The van der Waals surface area contributed by atoms with Crippen LogP contribution in [0.25, 0.3) is 10.2 Å².